The van der Waals surface area contributed by atoms with Crippen LogP contribution in [0.2, 0.25) is 0 Å². The van der Waals surface area contributed by atoms with Crippen molar-refractivity contribution < 1.29 is 5.11 Å². The zero-order valence-corrected chi connectivity index (χ0v) is 9.24. The Bertz CT molecular complexity index is 376. The number of nitrogens with zero attached hydrogens (tertiary/aromatic N) is 1. The lowest BCUT2D eigenvalue weighted by Gasteiger charge is -2.16. The number of guanidine groups is 1. The Kier molecular flexibility index (Phi) is 3.77. The third kappa shape index (κ3) is 2.73. The SMILES string of the molecule is OCc1ccccc1CNC1=NCCCN1. The first-order valence-electron chi connectivity index (χ1n) is 5.60. The van der Waals surface area contributed by atoms with Crippen LogP contribution in [-0.4, -0.2) is 24.2 Å². The van der Waals surface area contributed by atoms with Gasteiger partial charge in [0.1, 0.15) is 0 Å². The molecule has 1 aromatic carbocycles. The summed E-state index contributed by atoms with van der Waals surface area (Å²) in [5, 5.41) is 15.6. The lowest BCUT2D eigenvalue weighted by atomic mass is 10.1. The lowest BCUT2D eigenvalue weighted by Crippen LogP contribution is -2.40. The number of aliphatic hydroxyl groups excluding tert-OH is 1. The van der Waals surface area contributed by atoms with Crippen LogP contribution in [0.1, 0.15) is 17.5 Å². The molecule has 0 unspecified atom stereocenters. The predicted molar refractivity (Wildman–Crippen MR) is 64.1 cm³/mol. The molecule has 0 aliphatic carbocycles. The van der Waals surface area contributed by atoms with Gasteiger partial charge >= 0.3 is 0 Å². The summed E-state index contributed by atoms with van der Waals surface area (Å²) in [5.74, 6) is 0.860. The molecule has 3 N–H and O–H groups in total. The summed E-state index contributed by atoms with van der Waals surface area (Å²) in [4.78, 5) is 4.33. The number of aliphatic hydroxyl groups is 1. The first-order chi connectivity index (χ1) is 7.90. The molecule has 0 saturated heterocycles. The molecule has 1 heterocycles. The first kappa shape index (κ1) is 11.0. The highest BCUT2D eigenvalue weighted by atomic mass is 16.3. The lowest BCUT2D eigenvalue weighted by molar-refractivity contribution is 0.280. The molecular formula is C12H17N3O. The third-order valence-electron chi connectivity index (χ3n) is 2.63. The van der Waals surface area contributed by atoms with Crippen molar-refractivity contribution in [1.29, 1.82) is 0 Å². The van der Waals surface area contributed by atoms with E-state index in [0.29, 0.717) is 6.54 Å². The molecule has 0 saturated carbocycles. The first-order valence-corrected chi connectivity index (χ1v) is 5.60. The molecule has 4 nitrogen and oxygen atoms in total. The van der Waals surface area contributed by atoms with E-state index in [1.807, 2.05) is 24.3 Å². The van der Waals surface area contributed by atoms with Crippen molar-refractivity contribution in [3.05, 3.63) is 35.4 Å². The van der Waals surface area contributed by atoms with E-state index in [1.165, 1.54) is 0 Å². The van der Waals surface area contributed by atoms with Crippen LogP contribution in [0.15, 0.2) is 29.3 Å². The Morgan fingerprint density at radius 3 is 2.81 bits per heavy atom. The minimum absolute atomic E-state index is 0.0811. The van der Waals surface area contributed by atoms with Gasteiger partial charge in [-0.25, -0.2) is 0 Å². The molecule has 0 fully saturated rings. The molecule has 86 valence electrons. The Morgan fingerprint density at radius 2 is 2.12 bits per heavy atom. The van der Waals surface area contributed by atoms with E-state index in [4.69, 9.17) is 0 Å². The van der Waals surface area contributed by atoms with E-state index in [0.717, 1.165) is 36.6 Å². The van der Waals surface area contributed by atoms with Crippen LogP contribution in [0.25, 0.3) is 0 Å². The topological polar surface area (TPSA) is 56.6 Å². The largest absolute Gasteiger partial charge is 0.392 e. The number of rotatable bonds is 3. The average molecular weight is 219 g/mol. The summed E-state index contributed by atoms with van der Waals surface area (Å²) in [6.45, 7) is 2.64. The zero-order valence-electron chi connectivity index (χ0n) is 9.24. The van der Waals surface area contributed by atoms with Crippen LogP contribution in [0.3, 0.4) is 0 Å². The van der Waals surface area contributed by atoms with Crippen LogP contribution in [0.5, 0.6) is 0 Å². The van der Waals surface area contributed by atoms with Crippen molar-refractivity contribution in [2.24, 2.45) is 4.99 Å². The van der Waals surface area contributed by atoms with Crippen molar-refractivity contribution in [2.45, 2.75) is 19.6 Å². The monoisotopic (exact) mass is 219 g/mol. The summed E-state index contributed by atoms with van der Waals surface area (Å²) < 4.78 is 0. The van der Waals surface area contributed by atoms with E-state index in [-0.39, 0.29) is 6.61 Å². The minimum atomic E-state index is 0.0811. The Hall–Kier alpha value is -1.55. The van der Waals surface area contributed by atoms with E-state index in [2.05, 4.69) is 15.6 Å². The van der Waals surface area contributed by atoms with Crippen molar-refractivity contribution >= 4 is 5.96 Å². The summed E-state index contributed by atoms with van der Waals surface area (Å²) in [6.07, 6.45) is 1.10. The normalized spacial score (nSPS) is 15.2. The van der Waals surface area contributed by atoms with Crippen molar-refractivity contribution in [3.63, 3.8) is 0 Å². The molecule has 0 radical (unpaired) electrons. The third-order valence-corrected chi connectivity index (χ3v) is 2.63. The molecule has 1 aromatic rings. The fraction of sp³-hybridized carbons (Fsp3) is 0.417. The van der Waals surface area contributed by atoms with E-state index in [1.54, 1.807) is 0 Å². The quantitative estimate of drug-likeness (QED) is 0.698. The Labute approximate surface area is 95.4 Å². The van der Waals surface area contributed by atoms with Gasteiger partial charge in [-0.1, -0.05) is 24.3 Å². The Balaban J connectivity index is 1.96. The summed E-state index contributed by atoms with van der Waals surface area (Å²) >= 11 is 0. The fourth-order valence-corrected chi connectivity index (χ4v) is 1.71. The van der Waals surface area contributed by atoms with Crippen LogP contribution in [-0.2, 0) is 13.2 Å². The van der Waals surface area contributed by atoms with E-state index < -0.39 is 0 Å². The van der Waals surface area contributed by atoms with Gasteiger partial charge in [0.05, 0.1) is 6.61 Å². The predicted octanol–water partition coefficient (Wildman–Crippen LogP) is 0.618. The number of hydrogen-bond donors (Lipinski definition) is 3. The van der Waals surface area contributed by atoms with Crippen molar-refractivity contribution in [3.8, 4) is 0 Å². The molecule has 4 heteroatoms. The van der Waals surface area contributed by atoms with Crippen molar-refractivity contribution in [2.75, 3.05) is 13.1 Å². The smallest absolute Gasteiger partial charge is 0.191 e. The highest BCUT2D eigenvalue weighted by Crippen LogP contribution is 2.08. The molecule has 0 atom stereocenters. The van der Waals surface area contributed by atoms with Gasteiger partial charge in [0.2, 0.25) is 0 Å². The highest BCUT2D eigenvalue weighted by molar-refractivity contribution is 5.80. The molecule has 2 rings (SSSR count). The summed E-state index contributed by atoms with van der Waals surface area (Å²) in [7, 11) is 0. The molecule has 0 aromatic heterocycles. The van der Waals surface area contributed by atoms with Gasteiger partial charge in [-0.05, 0) is 17.5 Å². The van der Waals surface area contributed by atoms with Gasteiger partial charge in [0, 0.05) is 19.6 Å². The maximum atomic E-state index is 9.18. The standard InChI is InChI=1S/C12H17N3O/c16-9-11-5-2-1-4-10(11)8-15-12-13-6-3-7-14-12/h1-2,4-5,16H,3,6-9H2,(H2,13,14,15). The second kappa shape index (κ2) is 5.51. The fourth-order valence-electron chi connectivity index (χ4n) is 1.71. The van der Waals surface area contributed by atoms with Crippen LogP contribution < -0.4 is 10.6 Å². The van der Waals surface area contributed by atoms with Gasteiger partial charge in [-0.15, -0.1) is 0 Å². The number of hydrogen-bond acceptors (Lipinski definition) is 4. The van der Waals surface area contributed by atoms with Crippen LogP contribution in [0, 0.1) is 0 Å². The molecular weight excluding hydrogens is 202 g/mol. The average Bonchev–Trinajstić information content (AvgIpc) is 2.38. The molecule has 1 aliphatic heterocycles. The summed E-state index contributed by atoms with van der Waals surface area (Å²) in [5.41, 5.74) is 2.08. The van der Waals surface area contributed by atoms with E-state index >= 15 is 0 Å². The van der Waals surface area contributed by atoms with Crippen molar-refractivity contribution in [1.82, 2.24) is 10.6 Å². The number of benzene rings is 1. The maximum Gasteiger partial charge on any atom is 0.191 e. The maximum absolute atomic E-state index is 9.18. The second-order valence-corrected chi connectivity index (χ2v) is 3.79. The van der Waals surface area contributed by atoms with Gasteiger partial charge in [-0.2, -0.15) is 0 Å². The van der Waals surface area contributed by atoms with Crippen LogP contribution >= 0.6 is 0 Å². The molecule has 0 bridgehead atoms. The molecule has 16 heavy (non-hydrogen) atoms. The van der Waals surface area contributed by atoms with Gasteiger partial charge in [0.15, 0.2) is 5.96 Å². The Morgan fingerprint density at radius 1 is 1.31 bits per heavy atom. The van der Waals surface area contributed by atoms with E-state index in [9.17, 15) is 5.11 Å². The molecule has 0 spiro atoms. The second-order valence-electron chi connectivity index (χ2n) is 3.79. The van der Waals surface area contributed by atoms with Crippen LogP contribution in [0.4, 0.5) is 0 Å². The summed E-state index contributed by atoms with van der Waals surface area (Å²) in [6, 6.07) is 7.87. The van der Waals surface area contributed by atoms with Gasteiger partial charge in [-0.3, -0.25) is 4.99 Å². The van der Waals surface area contributed by atoms with Gasteiger partial charge < -0.3 is 15.7 Å². The number of aliphatic imine (C=N–C) groups is 1. The molecule has 0 amide bonds. The highest BCUT2D eigenvalue weighted by Gasteiger charge is 2.04. The van der Waals surface area contributed by atoms with Gasteiger partial charge in [0.25, 0.3) is 0 Å². The number of nitrogens with one attached hydrogen (secondary N) is 2. The minimum Gasteiger partial charge on any atom is -0.392 e. The molecule has 1 aliphatic rings. The zero-order chi connectivity index (χ0) is 11.2.